The minimum atomic E-state index is -0.553. The fourth-order valence-electron chi connectivity index (χ4n) is 3.08. The van der Waals surface area contributed by atoms with Crippen LogP contribution < -0.4 is 10.1 Å². The molecule has 0 aliphatic carbocycles. The summed E-state index contributed by atoms with van der Waals surface area (Å²) in [6.07, 6.45) is 0. The van der Waals surface area contributed by atoms with Crippen molar-refractivity contribution in [1.82, 2.24) is 10.3 Å². The summed E-state index contributed by atoms with van der Waals surface area (Å²) in [6, 6.07) is 14.6. The van der Waals surface area contributed by atoms with E-state index in [1.807, 2.05) is 37.3 Å². The molecular formula is C22H21ClN2O4. The first-order chi connectivity index (χ1) is 13.9. The number of fused-ring (bicyclic) bond motifs is 1. The molecule has 0 aliphatic rings. The number of nitrogens with zero attached hydrogens (tertiary/aromatic N) is 1. The van der Waals surface area contributed by atoms with Gasteiger partial charge in [0, 0.05) is 17.0 Å². The van der Waals surface area contributed by atoms with Crippen LogP contribution in [-0.4, -0.2) is 31.1 Å². The van der Waals surface area contributed by atoms with Gasteiger partial charge in [-0.05, 0) is 36.2 Å². The molecule has 0 radical (unpaired) electrons. The van der Waals surface area contributed by atoms with E-state index in [0.717, 1.165) is 11.1 Å². The first kappa shape index (κ1) is 20.6. The lowest BCUT2D eigenvalue weighted by molar-refractivity contribution is -0.122. The van der Waals surface area contributed by atoms with Crippen LogP contribution in [0.5, 0.6) is 5.88 Å². The van der Waals surface area contributed by atoms with Gasteiger partial charge in [-0.25, -0.2) is 9.78 Å². The van der Waals surface area contributed by atoms with E-state index in [0.29, 0.717) is 15.9 Å². The molecule has 0 saturated heterocycles. The summed E-state index contributed by atoms with van der Waals surface area (Å²) >= 11 is 6.25. The van der Waals surface area contributed by atoms with Gasteiger partial charge in [-0.1, -0.05) is 41.9 Å². The molecule has 1 atom stereocenters. The SMILES string of the molecule is COC(=O)c1cc2cc(Cl)cc(CNC(=O)C(C)c3ccccc3)c2nc1OC. The molecule has 7 heteroatoms. The normalized spacial score (nSPS) is 11.7. The van der Waals surface area contributed by atoms with Crippen molar-refractivity contribution in [3.63, 3.8) is 0 Å². The molecule has 6 nitrogen and oxygen atoms in total. The lowest BCUT2D eigenvalue weighted by atomic mass is 10.0. The van der Waals surface area contributed by atoms with Gasteiger partial charge in [0.2, 0.25) is 11.8 Å². The minimum absolute atomic E-state index is 0.109. The van der Waals surface area contributed by atoms with Crippen molar-refractivity contribution in [2.75, 3.05) is 14.2 Å². The Morgan fingerprint density at radius 3 is 2.52 bits per heavy atom. The molecule has 0 aliphatic heterocycles. The number of pyridine rings is 1. The number of carbonyl (C=O) groups excluding carboxylic acids is 2. The highest BCUT2D eigenvalue weighted by Crippen LogP contribution is 2.28. The smallest absolute Gasteiger partial charge is 0.343 e. The lowest BCUT2D eigenvalue weighted by Crippen LogP contribution is -2.27. The van der Waals surface area contributed by atoms with Crippen molar-refractivity contribution in [2.24, 2.45) is 0 Å². The average Bonchev–Trinajstić information content (AvgIpc) is 2.75. The monoisotopic (exact) mass is 412 g/mol. The third-order valence-corrected chi connectivity index (χ3v) is 4.89. The maximum absolute atomic E-state index is 12.6. The zero-order chi connectivity index (χ0) is 21.0. The molecule has 2 aromatic carbocycles. The van der Waals surface area contributed by atoms with Gasteiger partial charge in [-0.15, -0.1) is 0 Å². The van der Waals surface area contributed by atoms with Gasteiger partial charge in [-0.2, -0.15) is 0 Å². The Morgan fingerprint density at radius 1 is 1.14 bits per heavy atom. The van der Waals surface area contributed by atoms with Gasteiger partial charge in [0.15, 0.2) is 0 Å². The third kappa shape index (κ3) is 4.49. The fourth-order valence-corrected chi connectivity index (χ4v) is 3.33. The summed E-state index contributed by atoms with van der Waals surface area (Å²) in [6.45, 7) is 2.09. The topological polar surface area (TPSA) is 77.5 Å². The van der Waals surface area contributed by atoms with Crippen LogP contribution in [0.25, 0.3) is 10.9 Å². The van der Waals surface area contributed by atoms with Crippen LogP contribution >= 0.6 is 11.6 Å². The van der Waals surface area contributed by atoms with Crippen molar-refractivity contribution in [1.29, 1.82) is 0 Å². The number of esters is 1. The Bertz CT molecular complexity index is 1050. The van der Waals surface area contributed by atoms with Crippen LogP contribution in [0.3, 0.4) is 0 Å². The standard InChI is InChI=1S/C22H21ClN2O4/c1-13(14-7-5-4-6-8-14)20(26)24-12-16-10-17(23)9-15-11-18(22(27)29-3)21(28-2)25-19(15)16/h4-11,13H,12H2,1-3H3,(H,24,26). The minimum Gasteiger partial charge on any atom is -0.480 e. The van der Waals surface area contributed by atoms with Crippen LogP contribution in [0, 0.1) is 0 Å². The van der Waals surface area contributed by atoms with E-state index in [4.69, 9.17) is 21.1 Å². The predicted octanol–water partition coefficient (Wildman–Crippen LogP) is 4.10. The number of ether oxygens (including phenoxy) is 2. The van der Waals surface area contributed by atoms with E-state index >= 15 is 0 Å². The average molecular weight is 413 g/mol. The van der Waals surface area contributed by atoms with Gasteiger partial charge in [-0.3, -0.25) is 4.79 Å². The summed E-state index contributed by atoms with van der Waals surface area (Å²) in [5.41, 5.74) is 2.45. The van der Waals surface area contributed by atoms with Crippen molar-refractivity contribution < 1.29 is 19.1 Å². The van der Waals surface area contributed by atoms with E-state index in [1.54, 1.807) is 18.2 Å². The molecule has 150 valence electrons. The number of aromatic nitrogens is 1. The number of hydrogen-bond donors (Lipinski definition) is 1. The van der Waals surface area contributed by atoms with Gasteiger partial charge in [0.25, 0.3) is 0 Å². The zero-order valence-electron chi connectivity index (χ0n) is 16.4. The number of hydrogen-bond acceptors (Lipinski definition) is 5. The highest BCUT2D eigenvalue weighted by molar-refractivity contribution is 6.31. The quantitative estimate of drug-likeness (QED) is 0.616. The highest BCUT2D eigenvalue weighted by atomic mass is 35.5. The van der Waals surface area contributed by atoms with Crippen LogP contribution in [-0.2, 0) is 16.1 Å². The Balaban J connectivity index is 1.91. The molecule has 1 unspecified atom stereocenters. The summed E-state index contributed by atoms with van der Waals surface area (Å²) < 4.78 is 10.0. The van der Waals surface area contributed by atoms with Crippen LogP contribution in [0.15, 0.2) is 48.5 Å². The highest BCUT2D eigenvalue weighted by Gasteiger charge is 2.19. The molecule has 1 N–H and O–H groups in total. The van der Waals surface area contributed by atoms with E-state index < -0.39 is 5.97 Å². The van der Waals surface area contributed by atoms with Gasteiger partial charge in [0.1, 0.15) is 5.56 Å². The second kappa shape index (κ2) is 8.92. The number of halogens is 1. The molecular weight excluding hydrogens is 392 g/mol. The second-order valence-corrected chi connectivity index (χ2v) is 6.96. The van der Waals surface area contributed by atoms with Crippen molar-refractivity contribution in [2.45, 2.75) is 19.4 Å². The predicted molar refractivity (Wildman–Crippen MR) is 111 cm³/mol. The molecule has 0 saturated carbocycles. The molecule has 3 rings (SSSR count). The maximum Gasteiger partial charge on any atom is 0.343 e. The van der Waals surface area contributed by atoms with Gasteiger partial charge >= 0.3 is 5.97 Å². The van der Waals surface area contributed by atoms with E-state index in [2.05, 4.69) is 10.3 Å². The van der Waals surface area contributed by atoms with Crippen molar-refractivity contribution >= 4 is 34.4 Å². The van der Waals surface area contributed by atoms with Gasteiger partial charge in [0.05, 0.1) is 25.7 Å². The van der Waals surface area contributed by atoms with E-state index in [9.17, 15) is 9.59 Å². The first-order valence-electron chi connectivity index (χ1n) is 9.02. The van der Waals surface area contributed by atoms with Gasteiger partial charge < -0.3 is 14.8 Å². The lowest BCUT2D eigenvalue weighted by Gasteiger charge is -2.15. The Hall–Kier alpha value is -3.12. The molecule has 1 aromatic heterocycles. The molecule has 0 spiro atoms. The number of amides is 1. The number of nitrogens with one attached hydrogen (secondary N) is 1. The Morgan fingerprint density at radius 2 is 1.86 bits per heavy atom. The van der Waals surface area contributed by atoms with Crippen molar-refractivity contribution in [3.8, 4) is 5.88 Å². The van der Waals surface area contributed by atoms with E-state index in [-0.39, 0.29) is 29.8 Å². The Kier molecular flexibility index (Phi) is 6.34. The van der Waals surface area contributed by atoms with Crippen LogP contribution in [0.1, 0.15) is 34.3 Å². The number of benzene rings is 2. The summed E-state index contributed by atoms with van der Waals surface area (Å²) in [5.74, 6) is -0.808. The summed E-state index contributed by atoms with van der Waals surface area (Å²) in [4.78, 5) is 29.0. The molecule has 1 heterocycles. The summed E-state index contributed by atoms with van der Waals surface area (Å²) in [7, 11) is 2.72. The molecule has 0 fully saturated rings. The molecule has 1 amide bonds. The fraction of sp³-hybridized carbons (Fsp3) is 0.227. The summed E-state index contributed by atoms with van der Waals surface area (Å²) in [5, 5.41) is 4.06. The third-order valence-electron chi connectivity index (χ3n) is 4.67. The number of methoxy groups -OCH3 is 2. The second-order valence-electron chi connectivity index (χ2n) is 6.52. The maximum atomic E-state index is 12.6. The number of rotatable bonds is 6. The molecule has 3 aromatic rings. The van der Waals surface area contributed by atoms with Crippen LogP contribution in [0.2, 0.25) is 5.02 Å². The molecule has 0 bridgehead atoms. The number of carbonyl (C=O) groups is 2. The Labute approximate surface area is 173 Å². The van der Waals surface area contributed by atoms with Crippen molar-refractivity contribution in [3.05, 3.63) is 70.2 Å². The zero-order valence-corrected chi connectivity index (χ0v) is 17.1. The molecule has 29 heavy (non-hydrogen) atoms. The van der Waals surface area contributed by atoms with E-state index in [1.165, 1.54) is 14.2 Å². The first-order valence-corrected chi connectivity index (χ1v) is 9.40. The largest absolute Gasteiger partial charge is 0.480 e. The van der Waals surface area contributed by atoms with Crippen LogP contribution in [0.4, 0.5) is 0 Å².